The number of aromatic nitrogens is 2. The molecule has 6 heteroatoms. The summed E-state index contributed by atoms with van der Waals surface area (Å²) in [5.74, 6) is -0.329. The van der Waals surface area contributed by atoms with E-state index >= 15 is 0 Å². The van der Waals surface area contributed by atoms with Crippen molar-refractivity contribution in [3.63, 3.8) is 0 Å². The molecule has 0 bridgehead atoms. The van der Waals surface area contributed by atoms with Gasteiger partial charge in [-0.1, -0.05) is 23.2 Å². The molecular weight excluding hydrogens is 305 g/mol. The lowest BCUT2D eigenvalue weighted by atomic mass is 10.1. The highest BCUT2D eigenvalue weighted by Crippen LogP contribution is 2.22. The van der Waals surface area contributed by atoms with Crippen LogP contribution in [0.25, 0.3) is 11.0 Å². The van der Waals surface area contributed by atoms with Crippen LogP contribution in [-0.2, 0) is 6.42 Å². The maximum Gasteiger partial charge on any atom is 0.144 e. The monoisotopic (exact) mass is 312 g/mol. The first-order valence-corrected chi connectivity index (χ1v) is 6.55. The molecule has 0 amide bonds. The van der Waals surface area contributed by atoms with Gasteiger partial charge in [-0.2, -0.15) is 0 Å². The fourth-order valence-corrected chi connectivity index (χ4v) is 2.45. The number of nitrogens with one attached hydrogen (secondary N) is 1. The van der Waals surface area contributed by atoms with Crippen molar-refractivity contribution in [1.29, 1.82) is 0 Å². The summed E-state index contributed by atoms with van der Waals surface area (Å²) >= 11 is 11.5. The standard InChI is InChI=1S/C14H8Cl2F2N2/c15-8-1-7(2-9(17)4-8)3-14-19-12-5-10(16)11(18)6-13(12)20-14/h1-2,4-6H,3H2,(H,19,20). The third-order valence-corrected chi connectivity index (χ3v) is 3.37. The second-order valence-electron chi connectivity index (χ2n) is 4.42. The average molecular weight is 313 g/mol. The molecule has 0 unspecified atom stereocenters. The molecule has 0 atom stereocenters. The molecule has 0 aliphatic heterocycles. The molecule has 0 aliphatic rings. The minimum absolute atomic E-state index is 0.0179. The van der Waals surface area contributed by atoms with E-state index in [9.17, 15) is 8.78 Å². The van der Waals surface area contributed by atoms with Crippen molar-refractivity contribution in [3.8, 4) is 0 Å². The lowest BCUT2D eigenvalue weighted by Gasteiger charge is -1.99. The number of H-pyrrole nitrogens is 1. The second kappa shape index (κ2) is 5.04. The molecule has 20 heavy (non-hydrogen) atoms. The van der Waals surface area contributed by atoms with E-state index in [1.807, 2.05) is 0 Å². The van der Waals surface area contributed by atoms with Crippen molar-refractivity contribution < 1.29 is 8.78 Å². The van der Waals surface area contributed by atoms with Crippen LogP contribution >= 0.6 is 23.2 Å². The molecule has 0 spiro atoms. The van der Waals surface area contributed by atoms with E-state index in [2.05, 4.69) is 9.97 Å². The SMILES string of the molecule is Fc1cc(Cl)cc(Cc2nc3cc(Cl)c(F)cc3[nH]2)c1. The zero-order valence-electron chi connectivity index (χ0n) is 10.1. The van der Waals surface area contributed by atoms with Gasteiger partial charge in [-0.15, -0.1) is 0 Å². The molecule has 1 N–H and O–H groups in total. The fraction of sp³-hybridized carbons (Fsp3) is 0.0714. The van der Waals surface area contributed by atoms with Crippen LogP contribution in [0, 0.1) is 11.6 Å². The van der Waals surface area contributed by atoms with Gasteiger partial charge in [0.15, 0.2) is 0 Å². The van der Waals surface area contributed by atoms with Crippen molar-refractivity contribution >= 4 is 34.2 Å². The summed E-state index contributed by atoms with van der Waals surface area (Å²) < 4.78 is 26.6. The van der Waals surface area contributed by atoms with Gasteiger partial charge in [-0.25, -0.2) is 13.8 Å². The summed E-state index contributed by atoms with van der Waals surface area (Å²) in [5, 5.41) is 0.342. The summed E-state index contributed by atoms with van der Waals surface area (Å²) in [6.07, 6.45) is 0.366. The van der Waals surface area contributed by atoms with Crippen LogP contribution < -0.4 is 0 Å². The number of aromatic amines is 1. The number of halogens is 4. The van der Waals surface area contributed by atoms with E-state index in [-0.39, 0.29) is 5.02 Å². The van der Waals surface area contributed by atoms with Crippen LogP contribution in [-0.4, -0.2) is 9.97 Å². The predicted molar refractivity (Wildman–Crippen MR) is 75.3 cm³/mol. The van der Waals surface area contributed by atoms with E-state index in [0.717, 1.165) is 0 Å². The van der Waals surface area contributed by atoms with Gasteiger partial charge in [0.05, 0.1) is 16.1 Å². The van der Waals surface area contributed by atoms with Crippen LogP contribution in [0.15, 0.2) is 30.3 Å². The summed E-state index contributed by atoms with van der Waals surface area (Å²) in [4.78, 5) is 7.27. The number of hydrogen-bond acceptors (Lipinski definition) is 1. The van der Waals surface area contributed by atoms with Crippen molar-refractivity contribution in [2.45, 2.75) is 6.42 Å². The minimum Gasteiger partial charge on any atom is -0.342 e. The van der Waals surface area contributed by atoms with Gasteiger partial charge < -0.3 is 4.98 Å². The Hall–Kier alpha value is -1.65. The number of nitrogens with zero attached hydrogens (tertiary/aromatic N) is 1. The van der Waals surface area contributed by atoms with E-state index < -0.39 is 11.6 Å². The zero-order valence-corrected chi connectivity index (χ0v) is 11.6. The molecule has 0 fully saturated rings. The predicted octanol–water partition coefficient (Wildman–Crippen LogP) is 4.74. The van der Waals surface area contributed by atoms with Crippen LogP contribution in [0.4, 0.5) is 8.78 Å². The highest BCUT2D eigenvalue weighted by Gasteiger charge is 2.09. The number of imidazole rings is 1. The van der Waals surface area contributed by atoms with E-state index in [4.69, 9.17) is 23.2 Å². The Morgan fingerprint density at radius 1 is 1.05 bits per heavy atom. The first-order chi connectivity index (χ1) is 9.51. The second-order valence-corrected chi connectivity index (χ2v) is 5.27. The third-order valence-electron chi connectivity index (χ3n) is 2.87. The van der Waals surface area contributed by atoms with Gasteiger partial charge in [0.1, 0.15) is 17.5 Å². The maximum absolute atomic E-state index is 13.3. The van der Waals surface area contributed by atoms with Crippen molar-refractivity contribution in [1.82, 2.24) is 9.97 Å². The molecule has 0 saturated carbocycles. The zero-order chi connectivity index (χ0) is 14.3. The fourth-order valence-electron chi connectivity index (χ4n) is 2.05. The summed E-state index contributed by atoms with van der Waals surface area (Å²) in [6.45, 7) is 0. The average Bonchev–Trinajstić information content (AvgIpc) is 2.69. The summed E-state index contributed by atoms with van der Waals surface area (Å²) in [6, 6.07) is 7.01. The van der Waals surface area contributed by atoms with Gasteiger partial charge in [0.2, 0.25) is 0 Å². The highest BCUT2D eigenvalue weighted by atomic mass is 35.5. The van der Waals surface area contributed by atoms with Gasteiger partial charge in [0.25, 0.3) is 0 Å². The molecule has 0 aliphatic carbocycles. The first-order valence-electron chi connectivity index (χ1n) is 5.80. The number of rotatable bonds is 2. The maximum atomic E-state index is 13.3. The van der Waals surface area contributed by atoms with Crippen molar-refractivity contribution in [2.75, 3.05) is 0 Å². The van der Waals surface area contributed by atoms with Crippen LogP contribution in [0.5, 0.6) is 0 Å². The number of benzene rings is 2. The molecule has 2 nitrogen and oxygen atoms in total. The van der Waals surface area contributed by atoms with Crippen molar-refractivity contribution in [3.05, 3.63) is 63.4 Å². The van der Waals surface area contributed by atoms with Gasteiger partial charge in [0, 0.05) is 17.5 Å². The smallest absolute Gasteiger partial charge is 0.144 e. The van der Waals surface area contributed by atoms with Crippen LogP contribution in [0.3, 0.4) is 0 Å². The largest absolute Gasteiger partial charge is 0.342 e. The molecule has 3 aromatic rings. The Balaban J connectivity index is 1.98. The molecule has 1 heterocycles. The van der Waals surface area contributed by atoms with Gasteiger partial charge in [-0.3, -0.25) is 0 Å². The first kappa shape index (κ1) is 13.3. The normalized spacial score (nSPS) is 11.2. The number of fused-ring (bicyclic) bond motifs is 1. The lowest BCUT2D eigenvalue weighted by Crippen LogP contribution is -1.91. The van der Waals surface area contributed by atoms with Gasteiger partial charge >= 0.3 is 0 Å². The molecule has 3 rings (SSSR count). The molecule has 0 radical (unpaired) electrons. The van der Waals surface area contributed by atoms with Gasteiger partial charge in [-0.05, 0) is 29.8 Å². The van der Waals surface area contributed by atoms with E-state index in [1.165, 1.54) is 24.3 Å². The Morgan fingerprint density at radius 3 is 2.60 bits per heavy atom. The molecule has 0 saturated heterocycles. The molecule has 1 aromatic heterocycles. The summed E-state index contributed by atoms with van der Waals surface area (Å²) in [5.41, 5.74) is 1.79. The Bertz CT molecular complexity index is 740. The summed E-state index contributed by atoms with van der Waals surface area (Å²) in [7, 11) is 0. The quantitative estimate of drug-likeness (QED) is 0.727. The lowest BCUT2D eigenvalue weighted by molar-refractivity contribution is 0.626. The Morgan fingerprint density at radius 2 is 1.85 bits per heavy atom. The van der Waals surface area contributed by atoms with E-state index in [0.29, 0.717) is 33.9 Å². The van der Waals surface area contributed by atoms with Crippen molar-refractivity contribution in [2.24, 2.45) is 0 Å². The number of hydrogen-bond donors (Lipinski definition) is 1. The molecule has 102 valence electrons. The van der Waals surface area contributed by atoms with E-state index in [1.54, 1.807) is 6.07 Å². The Kier molecular flexibility index (Phi) is 3.36. The van der Waals surface area contributed by atoms with Crippen LogP contribution in [0.1, 0.15) is 11.4 Å². The highest BCUT2D eigenvalue weighted by molar-refractivity contribution is 6.31. The topological polar surface area (TPSA) is 28.7 Å². The molecular formula is C14H8Cl2F2N2. The third kappa shape index (κ3) is 2.62. The van der Waals surface area contributed by atoms with Crippen LogP contribution in [0.2, 0.25) is 10.0 Å². The Labute approximate surface area is 123 Å². The minimum atomic E-state index is -0.511. The molecule has 2 aromatic carbocycles.